The summed E-state index contributed by atoms with van der Waals surface area (Å²) in [5.41, 5.74) is 1.91. The summed E-state index contributed by atoms with van der Waals surface area (Å²) in [6.45, 7) is 1.45. The first-order chi connectivity index (χ1) is 16.1. The van der Waals surface area contributed by atoms with Gasteiger partial charge in [-0.05, 0) is 36.2 Å². The summed E-state index contributed by atoms with van der Waals surface area (Å²) in [6, 6.07) is 13.1. The fourth-order valence-corrected chi connectivity index (χ4v) is 3.87. The van der Waals surface area contributed by atoms with Crippen LogP contribution in [0.3, 0.4) is 0 Å². The number of carbonyl (C=O) groups is 2. The van der Waals surface area contributed by atoms with E-state index in [0.29, 0.717) is 43.4 Å². The number of likely N-dealkylation sites (tertiary alicyclic amines) is 1. The highest BCUT2D eigenvalue weighted by atomic mass is 16.5. The Bertz CT molecular complexity index is 1120. The molecule has 33 heavy (non-hydrogen) atoms. The van der Waals surface area contributed by atoms with Gasteiger partial charge in [-0.15, -0.1) is 0 Å². The number of pyridine rings is 1. The predicted octanol–water partition coefficient (Wildman–Crippen LogP) is 2.37. The number of carbonyl (C=O) groups excluding carboxylic acids is 2. The molecule has 1 unspecified atom stereocenters. The minimum Gasteiger partial charge on any atom is -0.493 e. The van der Waals surface area contributed by atoms with Crippen molar-refractivity contribution >= 4 is 17.6 Å². The topological polar surface area (TPSA) is 98.6 Å². The molecule has 1 aromatic carbocycles. The van der Waals surface area contributed by atoms with Gasteiger partial charge in [0.25, 0.3) is 0 Å². The van der Waals surface area contributed by atoms with Gasteiger partial charge < -0.3 is 19.7 Å². The zero-order valence-electron chi connectivity index (χ0n) is 18.7. The smallest absolute Gasteiger partial charge is 0.230 e. The average molecular weight is 450 g/mol. The van der Waals surface area contributed by atoms with Gasteiger partial charge in [-0.1, -0.05) is 12.1 Å². The molecule has 172 valence electrons. The van der Waals surface area contributed by atoms with Gasteiger partial charge in [0.1, 0.15) is 0 Å². The Labute approximate surface area is 192 Å². The Balaban J connectivity index is 1.29. The van der Waals surface area contributed by atoms with E-state index in [1.807, 2.05) is 36.4 Å². The second kappa shape index (κ2) is 10.2. The maximum absolute atomic E-state index is 12.7. The van der Waals surface area contributed by atoms with Crippen LogP contribution >= 0.6 is 0 Å². The van der Waals surface area contributed by atoms with Crippen molar-refractivity contribution < 1.29 is 19.1 Å². The molecule has 3 heterocycles. The second-order valence-electron chi connectivity index (χ2n) is 7.89. The quantitative estimate of drug-likeness (QED) is 0.539. The van der Waals surface area contributed by atoms with E-state index >= 15 is 0 Å². The molecule has 1 atom stereocenters. The van der Waals surface area contributed by atoms with Gasteiger partial charge in [-0.2, -0.15) is 5.10 Å². The lowest BCUT2D eigenvalue weighted by Crippen LogP contribution is -2.30. The van der Waals surface area contributed by atoms with Crippen molar-refractivity contribution in [3.05, 3.63) is 66.1 Å². The summed E-state index contributed by atoms with van der Waals surface area (Å²) in [4.78, 5) is 31.2. The lowest BCUT2D eigenvalue weighted by atomic mass is 10.1. The molecular weight excluding hydrogens is 422 g/mol. The third-order valence-corrected chi connectivity index (χ3v) is 5.65. The Morgan fingerprint density at radius 3 is 2.76 bits per heavy atom. The van der Waals surface area contributed by atoms with Crippen LogP contribution in [0.25, 0.3) is 0 Å². The summed E-state index contributed by atoms with van der Waals surface area (Å²) < 4.78 is 12.3. The number of hydrogen-bond donors (Lipinski definition) is 1. The number of nitrogens with zero attached hydrogens (tertiary/aromatic N) is 4. The lowest BCUT2D eigenvalue weighted by Gasteiger charge is -2.17. The van der Waals surface area contributed by atoms with Crippen molar-refractivity contribution in [1.29, 1.82) is 0 Å². The van der Waals surface area contributed by atoms with Crippen LogP contribution in [0.4, 0.5) is 5.82 Å². The van der Waals surface area contributed by atoms with Crippen LogP contribution in [0.2, 0.25) is 0 Å². The minimum atomic E-state index is -0.399. The van der Waals surface area contributed by atoms with Crippen molar-refractivity contribution in [2.75, 3.05) is 32.6 Å². The first-order valence-electron chi connectivity index (χ1n) is 10.8. The largest absolute Gasteiger partial charge is 0.493 e. The molecule has 9 nitrogen and oxygen atoms in total. The molecule has 0 aliphatic carbocycles. The monoisotopic (exact) mass is 449 g/mol. The van der Waals surface area contributed by atoms with E-state index in [1.165, 1.54) is 0 Å². The summed E-state index contributed by atoms with van der Waals surface area (Å²) in [5.74, 6) is 1.17. The van der Waals surface area contributed by atoms with E-state index in [0.717, 1.165) is 11.3 Å². The molecule has 2 aromatic heterocycles. The van der Waals surface area contributed by atoms with Gasteiger partial charge in [0.2, 0.25) is 11.8 Å². The fourth-order valence-electron chi connectivity index (χ4n) is 3.87. The highest BCUT2D eigenvalue weighted by molar-refractivity contribution is 5.96. The molecule has 1 saturated heterocycles. The van der Waals surface area contributed by atoms with E-state index in [9.17, 15) is 9.59 Å². The molecular formula is C24H27N5O4. The van der Waals surface area contributed by atoms with E-state index < -0.39 is 5.92 Å². The molecule has 3 aromatic rings. The molecule has 1 aliphatic heterocycles. The van der Waals surface area contributed by atoms with E-state index in [2.05, 4.69) is 15.4 Å². The number of rotatable bonds is 9. The Morgan fingerprint density at radius 2 is 2.00 bits per heavy atom. The van der Waals surface area contributed by atoms with Gasteiger partial charge >= 0.3 is 0 Å². The summed E-state index contributed by atoms with van der Waals surface area (Å²) in [6.07, 6.45) is 4.39. The highest BCUT2D eigenvalue weighted by Gasteiger charge is 2.34. The molecule has 0 saturated carbocycles. The minimum absolute atomic E-state index is 0.0173. The third-order valence-electron chi connectivity index (χ3n) is 5.65. The predicted molar refractivity (Wildman–Crippen MR) is 122 cm³/mol. The number of hydrogen-bond acceptors (Lipinski definition) is 6. The number of aromatic nitrogens is 3. The number of amides is 2. The van der Waals surface area contributed by atoms with Crippen molar-refractivity contribution in [3.8, 4) is 11.5 Å². The molecule has 0 spiro atoms. The number of methoxy groups -OCH3 is 2. The van der Waals surface area contributed by atoms with Crippen LogP contribution in [0.15, 0.2) is 54.9 Å². The van der Waals surface area contributed by atoms with Crippen LogP contribution in [-0.4, -0.2) is 58.8 Å². The molecule has 2 amide bonds. The second-order valence-corrected chi connectivity index (χ2v) is 7.89. The number of nitrogens with one attached hydrogen (secondary N) is 1. The standard InChI is InChI=1S/C24H27N5O4/c1-32-20-7-6-17(13-21(20)33-2)8-11-28-15-18(14-23(28)30)24(31)26-22-9-12-29(27-22)16-19-5-3-4-10-25-19/h3-7,9-10,12-13,18H,8,11,14-16H2,1-2H3,(H,26,27,31). The molecule has 0 radical (unpaired) electrons. The fraction of sp³-hybridized carbons (Fsp3) is 0.333. The lowest BCUT2D eigenvalue weighted by molar-refractivity contribution is -0.128. The van der Waals surface area contributed by atoms with E-state index in [4.69, 9.17) is 9.47 Å². The van der Waals surface area contributed by atoms with Gasteiger partial charge in [0.15, 0.2) is 17.3 Å². The van der Waals surface area contributed by atoms with E-state index in [1.54, 1.807) is 42.3 Å². The van der Waals surface area contributed by atoms with Gasteiger partial charge in [-0.25, -0.2) is 0 Å². The van der Waals surface area contributed by atoms with Gasteiger partial charge in [0.05, 0.1) is 32.4 Å². The van der Waals surface area contributed by atoms with Crippen molar-refractivity contribution in [2.45, 2.75) is 19.4 Å². The SMILES string of the molecule is COc1ccc(CCN2CC(C(=O)Nc3ccn(Cc4ccccn4)n3)CC2=O)cc1OC. The average Bonchev–Trinajstić information content (AvgIpc) is 3.43. The molecule has 1 aliphatic rings. The zero-order chi connectivity index (χ0) is 23.2. The Kier molecular flexibility index (Phi) is 6.87. The first kappa shape index (κ1) is 22.3. The summed E-state index contributed by atoms with van der Waals surface area (Å²) in [5, 5.41) is 7.22. The maximum Gasteiger partial charge on any atom is 0.230 e. The van der Waals surface area contributed by atoms with Crippen LogP contribution < -0.4 is 14.8 Å². The van der Waals surface area contributed by atoms with Crippen molar-refractivity contribution in [2.24, 2.45) is 5.92 Å². The summed E-state index contributed by atoms with van der Waals surface area (Å²) >= 11 is 0. The molecule has 1 N–H and O–H groups in total. The summed E-state index contributed by atoms with van der Waals surface area (Å²) in [7, 11) is 3.19. The van der Waals surface area contributed by atoms with Crippen LogP contribution in [-0.2, 0) is 22.6 Å². The number of benzene rings is 1. The van der Waals surface area contributed by atoms with E-state index in [-0.39, 0.29) is 18.2 Å². The van der Waals surface area contributed by atoms with Crippen LogP contribution in [0.5, 0.6) is 11.5 Å². The normalized spacial score (nSPS) is 15.5. The van der Waals surface area contributed by atoms with Crippen LogP contribution in [0, 0.1) is 5.92 Å². The van der Waals surface area contributed by atoms with Crippen molar-refractivity contribution in [1.82, 2.24) is 19.7 Å². The highest BCUT2D eigenvalue weighted by Crippen LogP contribution is 2.28. The Hall–Kier alpha value is -3.88. The third kappa shape index (κ3) is 5.49. The Morgan fingerprint density at radius 1 is 1.15 bits per heavy atom. The van der Waals surface area contributed by atoms with Gasteiger partial charge in [-0.3, -0.25) is 19.3 Å². The zero-order valence-corrected chi connectivity index (χ0v) is 18.7. The molecule has 4 rings (SSSR count). The maximum atomic E-state index is 12.7. The van der Waals surface area contributed by atoms with Gasteiger partial charge in [0, 0.05) is 38.0 Å². The first-order valence-corrected chi connectivity index (χ1v) is 10.8. The number of ether oxygens (including phenoxy) is 2. The molecule has 0 bridgehead atoms. The van der Waals surface area contributed by atoms with Crippen LogP contribution in [0.1, 0.15) is 17.7 Å². The molecule has 9 heteroatoms. The molecule has 1 fully saturated rings. The number of anilines is 1. The van der Waals surface area contributed by atoms with Crippen molar-refractivity contribution in [3.63, 3.8) is 0 Å².